The molecule has 0 saturated heterocycles. The van der Waals surface area contributed by atoms with E-state index >= 15 is 0 Å². The fraction of sp³-hybridized carbons (Fsp3) is 0.316. The molecule has 7 heteroatoms. The number of aromatic nitrogens is 3. The molecule has 26 heavy (non-hydrogen) atoms. The van der Waals surface area contributed by atoms with Crippen LogP contribution in [0.15, 0.2) is 52.4 Å². The van der Waals surface area contributed by atoms with Crippen LogP contribution in [-0.4, -0.2) is 26.4 Å². The van der Waals surface area contributed by atoms with Crippen molar-refractivity contribution in [3.05, 3.63) is 48.4 Å². The smallest absolute Gasteiger partial charge is 0.234 e. The Bertz CT molecular complexity index is 883. The molecule has 2 aromatic heterocycles. The monoisotopic (exact) mass is 368 g/mol. The van der Waals surface area contributed by atoms with Gasteiger partial charge in [0.2, 0.25) is 5.91 Å². The first-order valence-corrected chi connectivity index (χ1v) is 9.71. The first-order chi connectivity index (χ1) is 12.7. The molecule has 3 aromatic rings. The highest BCUT2D eigenvalue weighted by Crippen LogP contribution is 2.40. The molecule has 1 saturated carbocycles. The van der Waals surface area contributed by atoms with Crippen molar-refractivity contribution in [3.8, 4) is 11.4 Å². The average Bonchev–Trinajstić information content (AvgIpc) is 3.20. The number of furan rings is 1. The van der Waals surface area contributed by atoms with Crippen LogP contribution < -0.4 is 5.32 Å². The van der Waals surface area contributed by atoms with Gasteiger partial charge in [0.25, 0.3) is 0 Å². The van der Waals surface area contributed by atoms with E-state index in [-0.39, 0.29) is 11.7 Å². The van der Waals surface area contributed by atoms with Gasteiger partial charge in [-0.25, -0.2) is 0 Å². The SMILES string of the molecule is CCn1c(SCC(=O)Nc2ccc(C3CC3)cc2)nnc1-c1ccoc1. The number of hydrogen-bond acceptors (Lipinski definition) is 5. The number of thioether (sulfide) groups is 1. The standard InChI is InChI=1S/C19H20N4O2S/c1-2-23-18(15-9-10-25-11-15)21-22-19(23)26-12-17(24)20-16-7-5-14(6-8-16)13-3-4-13/h5-11,13H,2-4,12H2,1H3,(H,20,24). The van der Waals surface area contributed by atoms with E-state index in [0.29, 0.717) is 0 Å². The first-order valence-electron chi connectivity index (χ1n) is 8.73. The summed E-state index contributed by atoms with van der Waals surface area (Å²) in [5.41, 5.74) is 3.07. The molecule has 1 aromatic carbocycles. The van der Waals surface area contributed by atoms with Crippen molar-refractivity contribution < 1.29 is 9.21 Å². The number of rotatable bonds is 7. The summed E-state index contributed by atoms with van der Waals surface area (Å²) in [5, 5.41) is 12.1. The lowest BCUT2D eigenvalue weighted by molar-refractivity contribution is -0.113. The number of nitrogens with zero attached hydrogens (tertiary/aromatic N) is 3. The van der Waals surface area contributed by atoms with Crippen molar-refractivity contribution in [2.45, 2.75) is 37.4 Å². The fourth-order valence-corrected chi connectivity index (χ4v) is 3.67. The molecule has 1 fully saturated rings. The van der Waals surface area contributed by atoms with Gasteiger partial charge in [-0.05, 0) is 49.4 Å². The third kappa shape index (κ3) is 3.67. The van der Waals surface area contributed by atoms with E-state index in [1.54, 1.807) is 12.5 Å². The Balaban J connectivity index is 1.36. The van der Waals surface area contributed by atoms with E-state index in [1.165, 1.54) is 30.2 Å². The van der Waals surface area contributed by atoms with Gasteiger partial charge >= 0.3 is 0 Å². The Morgan fingerprint density at radius 2 is 2.08 bits per heavy atom. The van der Waals surface area contributed by atoms with E-state index in [2.05, 4.69) is 27.6 Å². The summed E-state index contributed by atoms with van der Waals surface area (Å²) in [7, 11) is 0. The highest BCUT2D eigenvalue weighted by Gasteiger charge is 2.23. The molecule has 0 unspecified atom stereocenters. The Morgan fingerprint density at radius 3 is 2.73 bits per heavy atom. The van der Waals surface area contributed by atoms with Gasteiger partial charge < -0.3 is 14.3 Å². The molecule has 134 valence electrons. The molecule has 2 heterocycles. The summed E-state index contributed by atoms with van der Waals surface area (Å²) in [6.45, 7) is 2.75. The Morgan fingerprint density at radius 1 is 1.27 bits per heavy atom. The van der Waals surface area contributed by atoms with Crippen LogP contribution in [-0.2, 0) is 11.3 Å². The molecule has 0 aliphatic heterocycles. The fourth-order valence-electron chi connectivity index (χ4n) is 2.87. The predicted octanol–water partition coefficient (Wildman–Crippen LogP) is 4.17. The van der Waals surface area contributed by atoms with Crippen LogP contribution in [0.5, 0.6) is 0 Å². The molecule has 0 bridgehead atoms. The molecular weight excluding hydrogens is 348 g/mol. The zero-order valence-electron chi connectivity index (χ0n) is 14.5. The van der Waals surface area contributed by atoms with Crippen molar-refractivity contribution in [3.63, 3.8) is 0 Å². The van der Waals surface area contributed by atoms with Crippen LogP contribution in [0.1, 0.15) is 31.2 Å². The van der Waals surface area contributed by atoms with Gasteiger partial charge in [-0.3, -0.25) is 4.79 Å². The molecule has 0 radical (unpaired) electrons. The maximum Gasteiger partial charge on any atom is 0.234 e. The average molecular weight is 368 g/mol. The topological polar surface area (TPSA) is 73.0 Å². The maximum atomic E-state index is 12.2. The number of nitrogens with one attached hydrogen (secondary N) is 1. The second-order valence-electron chi connectivity index (χ2n) is 6.30. The summed E-state index contributed by atoms with van der Waals surface area (Å²) in [5.74, 6) is 1.71. The van der Waals surface area contributed by atoms with Gasteiger partial charge in [-0.1, -0.05) is 23.9 Å². The highest BCUT2D eigenvalue weighted by atomic mass is 32.2. The van der Waals surface area contributed by atoms with Crippen molar-refractivity contribution in [2.24, 2.45) is 0 Å². The number of carbonyl (C=O) groups is 1. The van der Waals surface area contributed by atoms with E-state index in [1.807, 2.05) is 29.7 Å². The summed E-state index contributed by atoms with van der Waals surface area (Å²) in [4.78, 5) is 12.2. The van der Waals surface area contributed by atoms with E-state index in [4.69, 9.17) is 4.42 Å². The zero-order chi connectivity index (χ0) is 17.9. The summed E-state index contributed by atoms with van der Waals surface area (Å²) in [6.07, 6.45) is 5.81. The Labute approximate surface area is 156 Å². The maximum absolute atomic E-state index is 12.2. The minimum atomic E-state index is -0.0512. The van der Waals surface area contributed by atoms with Crippen LogP contribution >= 0.6 is 11.8 Å². The molecule has 1 amide bonds. The van der Waals surface area contributed by atoms with Gasteiger partial charge in [-0.15, -0.1) is 10.2 Å². The van der Waals surface area contributed by atoms with E-state index < -0.39 is 0 Å². The largest absolute Gasteiger partial charge is 0.472 e. The number of amides is 1. The van der Waals surface area contributed by atoms with Gasteiger partial charge in [0.15, 0.2) is 11.0 Å². The van der Waals surface area contributed by atoms with Crippen LogP contribution in [0.25, 0.3) is 11.4 Å². The quantitative estimate of drug-likeness (QED) is 0.634. The lowest BCUT2D eigenvalue weighted by Gasteiger charge is -2.07. The number of benzene rings is 1. The van der Waals surface area contributed by atoms with Gasteiger partial charge in [0.05, 0.1) is 17.6 Å². The summed E-state index contributed by atoms with van der Waals surface area (Å²) >= 11 is 1.38. The Hall–Kier alpha value is -2.54. The molecule has 1 aliphatic carbocycles. The van der Waals surface area contributed by atoms with Crippen LogP contribution in [0.3, 0.4) is 0 Å². The molecule has 6 nitrogen and oxygen atoms in total. The number of carbonyl (C=O) groups excluding carboxylic acids is 1. The van der Waals surface area contributed by atoms with Gasteiger partial charge in [0.1, 0.15) is 6.26 Å². The third-order valence-electron chi connectivity index (χ3n) is 4.39. The second kappa shape index (κ2) is 7.37. The van der Waals surface area contributed by atoms with E-state index in [0.717, 1.165) is 34.7 Å². The molecule has 1 aliphatic rings. The summed E-state index contributed by atoms with van der Waals surface area (Å²) < 4.78 is 7.10. The second-order valence-corrected chi connectivity index (χ2v) is 7.24. The van der Waals surface area contributed by atoms with Gasteiger partial charge in [0, 0.05) is 12.2 Å². The lowest BCUT2D eigenvalue weighted by atomic mass is 10.1. The lowest BCUT2D eigenvalue weighted by Crippen LogP contribution is -2.14. The third-order valence-corrected chi connectivity index (χ3v) is 5.35. The molecule has 0 spiro atoms. The Kier molecular flexibility index (Phi) is 4.79. The van der Waals surface area contributed by atoms with Crippen LogP contribution in [0.4, 0.5) is 5.69 Å². The van der Waals surface area contributed by atoms with Crippen LogP contribution in [0.2, 0.25) is 0 Å². The van der Waals surface area contributed by atoms with Crippen molar-refractivity contribution in [2.75, 3.05) is 11.1 Å². The van der Waals surface area contributed by atoms with Crippen molar-refractivity contribution in [1.82, 2.24) is 14.8 Å². The normalized spacial score (nSPS) is 13.7. The summed E-state index contributed by atoms with van der Waals surface area (Å²) in [6, 6.07) is 10.0. The predicted molar refractivity (Wildman–Crippen MR) is 101 cm³/mol. The van der Waals surface area contributed by atoms with Crippen molar-refractivity contribution >= 4 is 23.4 Å². The molecule has 0 atom stereocenters. The van der Waals surface area contributed by atoms with Gasteiger partial charge in [-0.2, -0.15) is 0 Å². The molecule has 4 rings (SSSR count). The highest BCUT2D eigenvalue weighted by molar-refractivity contribution is 7.99. The molecule has 1 N–H and O–H groups in total. The van der Waals surface area contributed by atoms with Crippen molar-refractivity contribution in [1.29, 1.82) is 0 Å². The van der Waals surface area contributed by atoms with Crippen LogP contribution in [0, 0.1) is 0 Å². The minimum Gasteiger partial charge on any atom is -0.472 e. The number of anilines is 1. The molecular formula is C19H20N4O2S. The minimum absolute atomic E-state index is 0.0512. The first kappa shape index (κ1) is 16.9. The zero-order valence-corrected chi connectivity index (χ0v) is 15.3. The number of hydrogen-bond donors (Lipinski definition) is 1. The van der Waals surface area contributed by atoms with E-state index in [9.17, 15) is 4.79 Å².